The van der Waals surface area contributed by atoms with Crippen molar-refractivity contribution in [2.45, 2.75) is 19.5 Å². The van der Waals surface area contributed by atoms with Crippen molar-refractivity contribution in [1.29, 1.82) is 0 Å². The zero-order valence-electron chi connectivity index (χ0n) is 16.6. The molecule has 0 unspecified atom stereocenters. The van der Waals surface area contributed by atoms with Crippen LogP contribution in [0.2, 0.25) is 0 Å². The average Bonchev–Trinajstić information content (AvgIpc) is 3.29. The number of aromatic nitrogens is 8. The fourth-order valence-corrected chi connectivity index (χ4v) is 3.68. The predicted molar refractivity (Wildman–Crippen MR) is 107 cm³/mol. The standard InChI is InChI=1S/C18H22N10O/c1-12-23-24-18-17(19-4-5-28(12)18)27-8-13(9-27)25(2)15-14-16(21-10-20-15)26(11-22-14)6-7-29-3/h4-5,10-11,13H,6-9H2,1-3H3. The number of hydrogen-bond acceptors (Lipinski definition) is 9. The van der Waals surface area contributed by atoms with Crippen molar-refractivity contribution in [3.63, 3.8) is 0 Å². The van der Waals surface area contributed by atoms with Gasteiger partial charge in [-0.25, -0.2) is 19.9 Å². The van der Waals surface area contributed by atoms with Gasteiger partial charge in [0.15, 0.2) is 22.8 Å². The first-order valence-electron chi connectivity index (χ1n) is 9.46. The lowest BCUT2D eigenvalue weighted by atomic mass is 10.1. The highest BCUT2D eigenvalue weighted by Crippen LogP contribution is 2.29. The maximum absolute atomic E-state index is 5.17. The van der Waals surface area contributed by atoms with Crippen LogP contribution < -0.4 is 9.80 Å². The van der Waals surface area contributed by atoms with Crippen LogP contribution in [0, 0.1) is 6.92 Å². The quantitative estimate of drug-likeness (QED) is 0.464. The van der Waals surface area contributed by atoms with Crippen molar-refractivity contribution in [3.05, 3.63) is 30.9 Å². The Hall–Kier alpha value is -3.34. The van der Waals surface area contributed by atoms with Gasteiger partial charge >= 0.3 is 0 Å². The van der Waals surface area contributed by atoms with Gasteiger partial charge in [0.1, 0.15) is 12.2 Å². The Labute approximate surface area is 167 Å². The summed E-state index contributed by atoms with van der Waals surface area (Å²) >= 11 is 0. The van der Waals surface area contributed by atoms with Crippen molar-refractivity contribution < 1.29 is 4.74 Å². The number of likely N-dealkylation sites (N-methyl/N-ethyl adjacent to an activating group) is 1. The molecule has 0 saturated carbocycles. The van der Waals surface area contributed by atoms with Crippen molar-refractivity contribution in [1.82, 2.24) is 39.1 Å². The molecule has 0 aromatic carbocycles. The van der Waals surface area contributed by atoms with E-state index in [1.807, 2.05) is 29.1 Å². The molecule has 4 aromatic rings. The van der Waals surface area contributed by atoms with Crippen molar-refractivity contribution >= 4 is 28.4 Å². The molecule has 0 atom stereocenters. The Bertz CT molecular complexity index is 1160. The number of nitrogens with zero attached hydrogens (tertiary/aromatic N) is 10. The van der Waals surface area contributed by atoms with E-state index in [0.717, 1.165) is 47.4 Å². The van der Waals surface area contributed by atoms with E-state index in [4.69, 9.17) is 4.74 Å². The van der Waals surface area contributed by atoms with Crippen LogP contribution >= 0.6 is 0 Å². The number of methoxy groups -OCH3 is 1. The molecule has 0 aliphatic carbocycles. The molecule has 1 aliphatic rings. The lowest BCUT2D eigenvalue weighted by Gasteiger charge is -2.44. The molecule has 0 amide bonds. The van der Waals surface area contributed by atoms with Crippen LogP contribution in [0.15, 0.2) is 25.0 Å². The Morgan fingerprint density at radius 3 is 2.83 bits per heavy atom. The molecule has 11 heteroatoms. The van der Waals surface area contributed by atoms with Crippen LogP contribution in [0.5, 0.6) is 0 Å². The number of hydrogen-bond donors (Lipinski definition) is 0. The third-order valence-electron chi connectivity index (χ3n) is 5.44. The molecule has 0 spiro atoms. The first-order chi connectivity index (χ1) is 14.2. The predicted octanol–water partition coefficient (Wildman–Crippen LogP) is 0.544. The van der Waals surface area contributed by atoms with E-state index in [1.165, 1.54) is 0 Å². The minimum absolute atomic E-state index is 0.295. The highest BCUT2D eigenvalue weighted by Gasteiger charge is 2.34. The van der Waals surface area contributed by atoms with E-state index in [1.54, 1.807) is 26.0 Å². The van der Waals surface area contributed by atoms with Crippen LogP contribution in [-0.2, 0) is 11.3 Å². The van der Waals surface area contributed by atoms with E-state index in [-0.39, 0.29) is 0 Å². The molecule has 1 fully saturated rings. The lowest BCUT2D eigenvalue weighted by Crippen LogP contribution is -2.59. The van der Waals surface area contributed by atoms with Gasteiger partial charge in [0.2, 0.25) is 5.65 Å². The molecular weight excluding hydrogens is 372 g/mol. The van der Waals surface area contributed by atoms with Crippen LogP contribution in [-0.4, -0.2) is 79.0 Å². The van der Waals surface area contributed by atoms with Crippen LogP contribution in [0.25, 0.3) is 16.8 Å². The highest BCUT2D eigenvalue weighted by molar-refractivity contribution is 5.83. The molecule has 5 heterocycles. The summed E-state index contributed by atoms with van der Waals surface area (Å²) in [6, 6.07) is 0.295. The molecule has 29 heavy (non-hydrogen) atoms. The molecule has 0 bridgehead atoms. The molecule has 150 valence electrons. The third-order valence-corrected chi connectivity index (χ3v) is 5.44. The first-order valence-corrected chi connectivity index (χ1v) is 9.46. The van der Waals surface area contributed by atoms with Gasteiger partial charge in [-0.3, -0.25) is 4.40 Å². The maximum Gasteiger partial charge on any atom is 0.203 e. The van der Waals surface area contributed by atoms with E-state index in [0.29, 0.717) is 19.2 Å². The lowest BCUT2D eigenvalue weighted by molar-refractivity contribution is 0.188. The summed E-state index contributed by atoms with van der Waals surface area (Å²) in [6.07, 6.45) is 7.06. The Balaban J connectivity index is 1.36. The largest absolute Gasteiger partial charge is 0.383 e. The summed E-state index contributed by atoms with van der Waals surface area (Å²) in [5, 5.41) is 8.42. The monoisotopic (exact) mass is 394 g/mol. The Morgan fingerprint density at radius 2 is 2.00 bits per heavy atom. The van der Waals surface area contributed by atoms with Gasteiger partial charge in [-0.15, -0.1) is 10.2 Å². The number of anilines is 2. The van der Waals surface area contributed by atoms with Gasteiger partial charge in [0.25, 0.3) is 0 Å². The summed E-state index contributed by atoms with van der Waals surface area (Å²) < 4.78 is 9.11. The summed E-state index contributed by atoms with van der Waals surface area (Å²) in [6.45, 7) is 4.90. The third kappa shape index (κ3) is 2.85. The van der Waals surface area contributed by atoms with Crippen LogP contribution in [0.3, 0.4) is 0 Å². The second kappa shape index (κ2) is 6.92. The topological polar surface area (TPSA) is 102 Å². The molecular formula is C18H22N10O. The molecule has 0 N–H and O–H groups in total. The fraction of sp³-hybridized carbons (Fsp3) is 0.444. The smallest absolute Gasteiger partial charge is 0.203 e. The minimum atomic E-state index is 0.295. The fourth-order valence-electron chi connectivity index (χ4n) is 3.68. The summed E-state index contributed by atoms with van der Waals surface area (Å²) in [5.74, 6) is 2.54. The van der Waals surface area contributed by atoms with Gasteiger partial charge in [0.05, 0.1) is 19.0 Å². The number of ether oxygens (including phenoxy) is 1. The molecule has 11 nitrogen and oxygen atoms in total. The summed E-state index contributed by atoms with van der Waals surface area (Å²) in [5.41, 5.74) is 2.41. The van der Waals surface area contributed by atoms with Gasteiger partial charge in [0, 0.05) is 46.2 Å². The second-order valence-corrected chi connectivity index (χ2v) is 7.16. The average molecular weight is 394 g/mol. The number of imidazole rings is 1. The zero-order chi connectivity index (χ0) is 20.0. The van der Waals surface area contributed by atoms with E-state index < -0.39 is 0 Å². The second-order valence-electron chi connectivity index (χ2n) is 7.16. The van der Waals surface area contributed by atoms with E-state index in [2.05, 4.69) is 39.9 Å². The molecule has 5 rings (SSSR count). The minimum Gasteiger partial charge on any atom is -0.383 e. The maximum atomic E-state index is 5.17. The van der Waals surface area contributed by atoms with Crippen molar-refractivity contribution in [2.75, 3.05) is 43.7 Å². The summed E-state index contributed by atoms with van der Waals surface area (Å²) in [7, 11) is 3.74. The molecule has 1 saturated heterocycles. The summed E-state index contributed by atoms with van der Waals surface area (Å²) in [4.78, 5) is 22.4. The van der Waals surface area contributed by atoms with Gasteiger partial charge < -0.3 is 19.1 Å². The highest BCUT2D eigenvalue weighted by atomic mass is 16.5. The van der Waals surface area contributed by atoms with E-state index in [9.17, 15) is 0 Å². The number of rotatable bonds is 6. The van der Waals surface area contributed by atoms with E-state index >= 15 is 0 Å². The number of fused-ring (bicyclic) bond motifs is 2. The first kappa shape index (κ1) is 17.7. The molecule has 0 radical (unpaired) electrons. The normalized spacial score (nSPS) is 14.7. The Kier molecular flexibility index (Phi) is 4.23. The molecule has 4 aromatic heterocycles. The van der Waals surface area contributed by atoms with Gasteiger partial charge in [-0.1, -0.05) is 0 Å². The van der Waals surface area contributed by atoms with Crippen LogP contribution in [0.4, 0.5) is 11.6 Å². The SMILES string of the molecule is COCCn1cnc2c(N(C)C3CN(c4nccn5c(C)nnc45)C3)ncnc21. The van der Waals surface area contributed by atoms with Crippen molar-refractivity contribution in [2.24, 2.45) is 0 Å². The van der Waals surface area contributed by atoms with Gasteiger partial charge in [-0.2, -0.15) is 0 Å². The Morgan fingerprint density at radius 1 is 1.14 bits per heavy atom. The molecule has 1 aliphatic heterocycles. The van der Waals surface area contributed by atoms with Crippen LogP contribution in [0.1, 0.15) is 5.82 Å². The number of aryl methyl sites for hydroxylation is 1. The van der Waals surface area contributed by atoms with Gasteiger partial charge in [-0.05, 0) is 6.92 Å². The van der Waals surface area contributed by atoms with Crippen molar-refractivity contribution in [3.8, 4) is 0 Å². The zero-order valence-corrected chi connectivity index (χ0v) is 16.6.